The zero-order valence-electron chi connectivity index (χ0n) is 9.14. The molecule has 2 unspecified atom stereocenters. The summed E-state index contributed by atoms with van der Waals surface area (Å²) in [5.41, 5.74) is 0. The first-order valence-corrected chi connectivity index (χ1v) is 7.54. The number of halogens is 1. The molecule has 88 valence electrons. The lowest BCUT2D eigenvalue weighted by molar-refractivity contribution is 0.127. The summed E-state index contributed by atoms with van der Waals surface area (Å²) in [5, 5.41) is 2.64. The Bertz CT molecular complexity index is 378. The molecule has 2 rings (SSSR count). The van der Waals surface area contributed by atoms with E-state index in [2.05, 4.69) is 16.9 Å². The molecular weight excluding hydrogens is 264 g/mol. The van der Waals surface area contributed by atoms with Crippen molar-refractivity contribution in [2.75, 3.05) is 12.9 Å². The molecule has 1 aliphatic rings. The minimum atomic E-state index is 0.288. The van der Waals surface area contributed by atoms with Gasteiger partial charge in [0.05, 0.1) is 6.10 Å². The largest absolute Gasteiger partial charge is 0.377 e. The molecule has 0 saturated carbocycles. The number of hydrogen-bond acceptors (Lipinski definition) is 5. The first-order chi connectivity index (χ1) is 7.69. The highest BCUT2D eigenvalue weighted by Gasteiger charge is 2.25. The molecule has 6 heteroatoms. The Balaban J connectivity index is 2.11. The maximum Gasteiger partial charge on any atom is 0.189 e. The van der Waals surface area contributed by atoms with E-state index in [1.165, 1.54) is 11.8 Å². The van der Waals surface area contributed by atoms with Gasteiger partial charge in [0.25, 0.3) is 0 Å². The third-order valence-corrected chi connectivity index (χ3v) is 4.53. The van der Waals surface area contributed by atoms with Crippen molar-refractivity contribution < 1.29 is 4.74 Å². The summed E-state index contributed by atoms with van der Waals surface area (Å²) in [6.45, 7) is 2.94. The zero-order chi connectivity index (χ0) is 11.5. The van der Waals surface area contributed by atoms with Gasteiger partial charge in [-0.3, -0.25) is 0 Å². The quantitative estimate of drug-likeness (QED) is 0.481. The average Bonchev–Trinajstić information content (AvgIpc) is 2.63. The number of hydrogen-bond donors (Lipinski definition) is 0. The summed E-state index contributed by atoms with van der Waals surface area (Å²) < 4.78 is 5.52. The average molecular weight is 277 g/mol. The topological polar surface area (TPSA) is 35.0 Å². The lowest BCUT2D eigenvalue weighted by atomic mass is 10.3. The molecule has 0 bridgehead atoms. The maximum absolute atomic E-state index is 5.94. The van der Waals surface area contributed by atoms with Gasteiger partial charge >= 0.3 is 0 Å². The first kappa shape index (κ1) is 12.5. The first-order valence-electron chi connectivity index (χ1n) is 5.06. The van der Waals surface area contributed by atoms with E-state index >= 15 is 0 Å². The minimum Gasteiger partial charge on any atom is -0.377 e. The molecule has 1 aromatic heterocycles. The second-order valence-electron chi connectivity index (χ2n) is 3.54. The molecule has 1 aromatic rings. The maximum atomic E-state index is 5.94. The van der Waals surface area contributed by atoms with Crippen molar-refractivity contribution in [3.8, 4) is 0 Å². The van der Waals surface area contributed by atoms with Gasteiger partial charge in [0.15, 0.2) is 5.16 Å². The van der Waals surface area contributed by atoms with E-state index in [-0.39, 0.29) is 6.10 Å². The normalized spacial score (nSPS) is 24.9. The molecule has 2 atom stereocenters. The van der Waals surface area contributed by atoms with Crippen LogP contribution in [-0.4, -0.2) is 34.2 Å². The van der Waals surface area contributed by atoms with Crippen LogP contribution in [0.5, 0.6) is 0 Å². The smallest absolute Gasteiger partial charge is 0.189 e. The monoisotopic (exact) mass is 276 g/mol. The predicted octanol–water partition coefficient (Wildman–Crippen LogP) is 3.12. The standard InChI is InChI=1S/C10H13ClN2OS2/c1-6-7(3-4-14-6)16-9-5-8(11)12-10(13-9)15-2/h5-7H,3-4H2,1-2H3. The van der Waals surface area contributed by atoms with E-state index in [1.54, 1.807) is 11.8 Å². The fourth-order valence-electron chi connectivity index (χ4n) is 1.55. The molecule has 0 spiro atoms. The lowest BCUT2D eigenvalue weighted by Gasteiger charge is -2.12. The summed E-state index contributed by atoms with van der Waals surface area (Å²) in [6, 6.07) is 1.82. The van der Waals surface area contributed by atoms with Crippen LogP contribution in [0.25, 0.3) is 0 Å². The van der Waals surface area contributed by atoms with Gasteiger partial charge in [-0.15, -0.1) is 11.8 Å². The van der Waals surface area contributed by atoms with Crippen molar-refractivity contribution >= 4 is 35.1 Å². The van der Waals surface area contributed by atoms with Gasteiger partial charge in [-0.05, 0) is 19.6 Å². The van der Waals surface area contributed by atoms with Crippen molar-refractivity contribution in [3.05, 3.63) is 11.2 Å². The summed E-state index contributed by atoms with van der Waals surface area (Å²) in [4.78, 5) is 8.54. The molecule has 1 saturated heterocycles. The van der Waals surface area contributed by atoms with E-state index in [0.29, 0.717) is 10.4 Å². The van der Waals surface area contributed by atoms with Crippen LogP contribution in [0.2, 0.25) is 5.15 Å². The van der Waals surface area contributed by atoms with Gasteiger partial charge in [0.1, 0.15) is 10.2 Å². The number of ether oxygens (including phenoxy) is 1. The second-order valence-corrected chi connectivity index (χ2v) is 5.96. The van der Waals surface area contributed by atoms with Crippen LogP contribution in [0.4, 0.5) is 0 Å². The Hall–Kier alpha value is 0.0300. The Labute approximate surface area is 109 Å². The van der Waals surface area contributed by atoms with Gasteiger partial charge in [-0.25, -0.2) is 9.97 Å². The highest BCUT2D eigenvalue weighted by molar-refractivity contribution is 8.00. The van der Waals surface area contributed by atoms with Gasteiger partial charge in [-0.2, -0.15) is 0 Å². The zero-order valence-corrected chi connectivity index (χ0v) is 11.5. The molecule has 2 heterocycles. The second kappa shape index (κ2) is 5.58. The van der Waals surface area contributed by atoms with Crippen LogP contribution in [0, 0.1) is 0 Å². The lowest BCUT2D eigenvalue weighted by Crippen LogP contribution is -2.13. The van der Waals surface area contributed by atoms with Crippen LogP contribution in [0.1, 0.15) is 13.3 Å². The van der Waals surface area contributed by atoms with Crippen molar-refractivity contribution in [3.63, 3.8) is 0 Å². The Morgan fingerprint density at radius 3 is 2.94 bits per heavy atom. The summed E-state index contributed by atoms with van der Waals surface area (Å²) in [7, 11) is 0. The Morgan fingerprint density at radius 1 is 1.50 bits per heavy atom. The molecule has 0 N–H and O–H groups in total. The van der Waals surface area contributed by atoms with Gasteiger partial charge < -0.3 is 4.74 Å². The number of rotatable bonds is 3. The van der Waals surface area contributed by atoms with E-state index < -0.39 is 0 Å². The van der Waals surface area contributed by atoms with E-state index in [0.717, 1.165) is 23.2 Å². The molecular formula is C10H13ClN2OS2. The van der Waals surface area contributed by atoms with E-state index in [4.69, 9.17) is 16.3 Å². The highest BCUT2D eigenvalue weighted by Crippen LogP contribution is 2.32. The van der Waals surface area contributed by atoms with E-state index in [1.807, 2.05) is 12.3 Å². The van der Waals surface area contributed by atoms with Crippen molar-refractivity contribution in [1.82, 2.24) is 9.97 Å². The predicted molar refractivity (Wildman–Crippen MR) is 68.5 cm³/mol. The van der Waals surface area contributed by atoms with Gasteiger partial charge in [0, 0.05) is 17.9 Å². The molecule has 0 amide bonds. The minimum absolute atomic E-state index is 0.288. The van der Waals surface area contributed by atoms with Gasteiger partial charge in [-0.1, -0.05) is 23.4 Å². The SMILES string of the molecule is CSc1nc(Cl)cc(SC2CCOC2C)n1. The number of nitrogens with zero attached hydrogens (tertiary/aromatic N) is 2. The van der Waals surface area contributed by atoms with Crippen molar-refractivity contribution in [1.29, 1.82) is 0 Å². The van der Waals surface area contributed by atoms with Crippen LogP contribution in [0.3, 0.4) is 0 Å². The molecule has 1 aliphatic heterocycles. The third kappa shape index (κ3) is 3.03. The van der Waals surface area contributed by atoms with Crippen LogP contribution in [0.15, 0.2) is 16.2 Å². The number of thioether (sulfide) groups is 2. The number of aromatic nitrogens is 2. The van der Waals surface area contributed by atoms with Crippen molar-refractivity contribution in [2.24, 2.45) is 0 Å². The summed E-state index contributed by atoms with van der Waals surface area (Å²) in [6.07, 6.45) is 3.31. The molecule has 0 aromatic carbocycles. The molecule has 0 radical (unpaired) electrons. The summed E-state index contributed by atoms with van der Waals surface area (Å²) >= 11 is 9.18. The fraction of sp³-hybridized carbons (Fsp3) is 0.600. The highest BCUT2D eigenvalue weighted by atomic mass is 35.5. The molecule has 3 nitrogen and oxygen atoms in total. The molecule has 0 aliphatic carbocycles. The molecule has 1 fully saturated rings. The summed E-state index contributed by atoms with van der Waals surface area (Å²) in [5.74, 6) is 0. The van der Waals surface area contributed by atoms with Crippen LogP contribution < -0.4 is 0 Å². The van der Waals surface area contributed by atoms with Crippen molar-refractivity contribution in [2.45, 2.75) is 34.9 Å². The Kier molecular flexibility index (Phi) is 4.35. The van der Waals surface area contributed by atoms with Crippen LogP contribution >= 0.6 is 35.1 Å². The third-order valence-electron chi connectivity index (χ3n) is 2.41. The van der Waals surface area contributed by atoms with E-state index in [9.17, 15) is 0 Å². The fourth-order valence-corrected chi connectivity index (χ4v) is 3.40. The van der Waals surface area contributed by atoms with Crippen LogP contribution in [-0.2, 0) is 4.74 Å². The van der Waals surface area contributed by atoms with Gasteiger partial charge in [0.2, 0.25) is 0 Å². The Morgan fingerprint density at radius 2 is 2.31 bits per heavy atom. The molecule has 16 heavy (non-hydrogen) atoms.